The molecule has 19 heavy (non-hydrogen) atoms. The smallest absolute Gasteiger partial charge is 0.358 e. The van der Waals surface area contributed by atoms with E-state index in [0.29, 0.717) is 17.4 Å². The highest BCUT2D eigenvalue weighted by molar-refractivity contribution is 7.12. The fourth-order valence-corrected chi connectivity index (χ4v) is 2.86. The van der Waals surface area contributed by atoms with Crippen molar-refractivity contribution in [3.63, 3.8) is 0 Å². The van der Waals surface area contributed by atoms with E-state index in [1.165, 1.54) is 16.0 Å². The van der Waals surface area contributed by atoms with Crippen molar-refractivity contribution < 1.29 is 14.6 Å². The van der Waals surface area contributed by atoms with E-state index >= 15 is 0 Å². The second kappa shape index (κ2) is 4.71. The first-order valence-corrected chi connectivity index (χ1v) is 6.78. The van der Waals surface area contributed by atoms with Crippen molar-refractivity contribution in [1.82, 2.24) is 20.0 Å². The number of carboxylic acid groups (broad SMARTS) is 1. The summed E-state index contributed by atoms with van der Waals surface area (Å²) in [5.74, 6) is -1.09. The molecule has 0 saturated carbocycles. The first kappa shape index (κ1) is 12.2. The van der Waals surface area contributed by atoms with Gasteiger partial charge in [-0.05, 0) is 19.8 Å². The third-order valence-corrected chi connectivity index (χ3v) is 3.86. The van der Waals surface area contributed by atoms with E-state index in [1.54, 1.807) is 0 Å². The maximum absolute atomic E-state index is 11.2. The number of carbonyl (C=O) groups is 1. The van der Waals surface area contributed by atoms with Gasteiger partial charge >= 0.3 is 5.97 Å². The predicted octanol–water partition coefficient (Wildman–Crippen LogP) is 1.58. The Morgan fingerprint density at radius 3 is 3.05 bits per heavy atom. The van der Waals surface area contributed by atoms with Gasteiger partial charge in [0.2, 0.25) is 5.13 Å². The summed E-state index contributed by atoms with van der Waals surface area (Å²) in [6, 6.07) is 0. The number of thiazole rings is 1. The molecule has 1 aliphatic heterocycles. The summed E-state index contributed by atoms with van der Waals surface area (Å²) >= 11 is 1.40. The van der Waals surface area contributed by atoms with Crippen LogP contribution >= 0.6 is 11.3 Å². The van der Waals surface area contributed by atoms with E-state index in [4.69, 9.17) is 4.74 Å². The van der Waals surface area contributed by atoms with Crippen molar-refractivity contribution in [3.8, 4) is 5.13 Å². The van der Waals surface area contributed by atoms with Crippen LogP contribution in [0, 0.1) is 6.92 Å². The van der Waals surface area contributed by atoms with Gasteiger partial charge in [0.05, 0.1) is 5.69 Å². The Labute approximate surface area is 112 Å². The molecule has 1 aliphatic rings. The molecule has 1 unspecified atom stereocenters. The van der Waals surface area contributed by atoms with E-state index in [1.807, 2.05) is 12.3 Å². The van der Waals surface area contributed by atoms with Gasteiger partial charge in [-0.2, -0.15) is 4.68 Å². The first-order chi connectivity index (χ1) is 9.16. The Bertz CT molecular complexity index is 615. The van der Waals surface area contributed by atoms with Gasteiger partial charge in [0.15, 0.2) is 5.69 Å². The Hall–Kier alpha value is -1.80. The molecule has 1 N–H and O–H groups in total. The van der Waals surface area contributed by atoms with Crippen LogP contribution in [0.2, 0.25) is 0 Å². The van der Waals surface area contributed by atoms with Crippen LogP contribution in [0.4, 0.5) is 0 Å². The fraction of sp³-hybridized carbons (Fsp3) is 0.455. The number of rotatable bonds is 3. The minimum Gasteiger partial charge on any atom is -0.476 e. The SMILES string of the molecule is Cc1csc(-n2nnc(C(=O)O)c2C2CCCO2)n1. The van der Waals surface area contributed by atoms with Gasteiger partial charge < -0.3 is 9.84 Å². The quantitative estimate of drug-likeness (QED) is 0.918. The fourth-order valence-electron chi connectivity index (χ4n) is 2.10. The van der Waals surface area contributed by atoms with E-state index in [0.717, 1.165) is 18.5 Å². The Balaban J connectivity index is 2.11. The number of nitrogens with zero attached hydrogens (tertiary/aromatic N) is 4. The topological polar surface area (TPSA) is 90.1 Å². The highest BCUT2D eigenvalue weighted by Gasteiger charge is 2.30. The van der Waals surface area contributed by atoms with Gasteiger partial charge in [-0.3, -0.25) is 0 Å². The molecule has 8 heteroatoms. The number of hydrogen-bond donors (Lipinski definition) is 1. The van der Waals surface area contributed by atoms with Crippen LogP contribution in [-0.4, -0.2) is 37.7 Å². The van der Waals surface area contributed by atoms with Crippen molar-refractivity contribution >= 4 is 17.3 Å². The summed E-state index contributed by atoms with van der Waals surface area (Å²) in [7, 11) is 0. The van der Waals surface area contributed by atoms with Gasteiger partial charge in [0, 0.05) is 12.0 Å². The number of aromatic nitrogens is 4. The largest absolute Gasteiger partial charge is 0.476 e. The second-order valence-electron chi connectivity index (χ2n) is 4.31. The van der Waals surface area contributed by atoms with E-state index in [-0.39, 0.29) is 11.8 Å². The van der Waals surface area contributed by atoms with Crippen LogP contribution in [0.25, 0.3) is 5.13 Å². The number of ether oxygens (including phenoxy) is 1. The lowest BCUT2D eigenvalue weighted by Gasteiger charge is -2.10. The molecule has 0 aromatic carbocycles. The average Bonchev–Trinajstić information content (AvgIpc) is 3.06. The zero-order chi connectivity index (χ0) is 13.4. The molecule has 100 valence electrons. The summed E-state index contributed by atoms with van der Waals surface area (Å²) in [5.41, 5.74) is 1.30. The van der Waals surface area contributed by atoms with Crippen LogP contribution in [0.5, 0.6) is 0 Å². The molecule has 2 aromatic rings. The van der Waals surface area contributed by atoms with Crippen molar-refractivity contribution in [3.05, 3.63) is 22.5 Å². The molecule has 0 bridgehead atoms. The molecular weight excluding hydrogens is 268 g/mol. The third kappa shape index (κ3) is 2.13. The lowest BCUT2D eigenvalue weighted by atomic mass is 10.1. The summed E-state index contributed by atoms with van der Waals surface area (Å²) in [6.07, 6.45) is 1.41. The minimum atomic E-state index is -1.09. The molecule has 0 radical (unpaired) electrons. The zero-order valence-corrected chi connectivity index (χ0v) is 11.1. The number of aryl methyl sites for hydroxylation is 1. The summed E-state index contributed by atoms with van der Waals surface area (Å²) in [5, 5.41) is 19.4. The lowest BCUT2D eigenvalue weighted by Crippen LogP contribution is -2.11. The number of aromatic carboxylic acids is 1. The molecule has 3 rings (SSSR count). The maximum Gasteiger partial charge on any atom is 0.358 e. The lowest BCUT2D eigenvalue weighted by molar-refractivity contribution is 0.0673. The Kier molecular flexibility index (Phi) is 3.03. The van der Waals surface area contributed by atoms with Crippen LogP contribution in [-0.2, 0) is 4.74 Å². The van der Waals surface area contributed by atoms with Gasteiger partial charge in [-0.1, -0.05) is 5.21 Å². The summed E-state index contributed by atoms with van der Waals surface area (Å²) in [6.45, 7) is 2.51. The van der Waals surface area contributed by atoms with Crippen molar-refractivity contribution in [2.45, 2.75) is 25.9 Å². The van der Waals surface area contributed by atoms with Gasteiger partial charge in [0.25, 0.3) is 0 Å². The normalized spacial score (nSPS) is 18.9. The van der Waals surface area contributed by atoms with E-state index in [2.05, 4.69) is 15.3 Å². The van der Waals surface area contributed by atoms with E-state index < -0.39 is 5.97 Å². The molecule has 2 aromatic heterocycles. The van der Waals surface area contributed by atoms with Crippen molar-refractivity contribution in [2.24, 2.45) is 0 Å². The number of hydrogen-bond acceptors (Lipinski definition) is 6. The molecule has 7 nitrogen and oxygen atoms in total. The van der Waals surface area contributed by atoms with Crippen LogP contribution in [0.3, 0.4) is 0 Å². The minimum absolute atomic E-state index is 0.0558. The van der Waals surface area contributed by atoms with Crippen molar-refractivity contribution in [1.29, 1.82) is 0 Å². The Morgan fingerprint density at radius 1 is 1.63 bits per heavy atom. The molecule has 0 spiro atoms. The molecule has 3 heterocycles. The molecular formula is C11H12N4O3S. The third-order valence-electron chi connectivity index (χ3n) is 2.93. The van der Waals surface area contributed by atoms with Gasteiger partial charge in [-0.25, -0.2) is 9.78 Å². The maximum atomic E-state index is 11.2. The van der Waals surface area contributed by atoms with Crippen LogP contribution < -0.4 is 0 Å². The summed E-state index contributed by atoms with van der Waals surface area (Å²) < 4.78 is 7.05. The van der Waals surface area contributed by atoms with Gasteiger partial charge in [0.1, 0.15) is 11.8 Å². The monoisotopic (exact) mass is 280 g/mol. The molecule has 1 saturated heterocycles. The zero-order valence-electron chi connectivity index (χ0n) is 10.2. The standard InChI is InChI=1S/C11H12N4O3S/c1-6-5-19-11(12-6)15-9(7-3-2-4-18-7)8(10(16)17)13-14-15/h5,7H,2-4H2,1H3,(H,16,17). The highest BCUT2D eigenvalue weighted by Crippen LogP contribution is 2.32. The highest BCUT2D eigenvalue weighted by atomic mass is 32.1. The van der Waals surface area contributed by atoms with Crippen molar-refractivity contribution in [2.75, 3.05) is 6.61 Å². The second-order valence-corrected chi connectivity index (χ2v) is 5.15. The van der Waals surface area contributed by atoms with Crippen LogP contribution in [0.15, 0.2) is 5.38 Å². The average molecular weight is 280 g/mol. The Morgan fingerprint density at radius 2 is 2.47 bits per heavy atom. The molecule has 0 amide bonds. The molecule has 1 atom stereocenters. The van der Waals surface area contributed by atoms with Gasteiger partial charge in [-0.15, -0.1) is 16.4 Å². The first-order valence-electron chi connectivity index (χ1n) is 5.90. The molecule has 0 aliphatic carbocycles. The predicted molar refractivity (Wildman–Crippen MR) is 66.7 cm³/mol. The summed E-state index contributed by atoms with van der Waals surface area (Å²) in [4.78, 5) is 15.6. The van der Waals surface area contributed by atoms with E-state index in [9.17, 15) is 9.90 Å². The number of carboxylic acids is 1. The molecule has 1 fully saturated rings. The van der Waals surface area contributed by atoms with Crippen LogP contribution in [0.1, 0.15) is 40.8 Å².